The summed E-state index contributed by atoms with van der Waals surface area (Å²) in [5.41, 5.74) is 2.04. The highest BCUT2D eigenvalue weighted by molar-refractivity contribution is 6.05. The van der Waals surface area contributed by atoms with Crippen LogP contribution >= 0.6 is 0 Å². The standard InChI is InChI=1S/C19H22N2O4/c1-13-5-6-14-3-2-4-16(18(14)20-13)19(24)21(10-7-17(22)23)15-8-11-25-12-9-15/h2-6,15H,7-12H2,1H3,(H,22,23). The van der Waals surface area contributed by atoms with Gasteiger partial charge in [-0.15, -0.1) is 0 Å². The van der Waals surface area contributed by atoms with E-state index in [0.717, 1.165) is 23.9 Å². The molecule has 0 radical (unpaired) electrons. The summed E-state index contributed by atoms with van der Waals surface area (Å²) in [7, 11) is 0. The number of carboxylic acid groups (broad SMARTS) is 1. The summed E-state index contributed by atoms with van der Waals surface area (Å²) in [6.45, 7) is 3.27. The van der Waals surface area contributed by atoms with Gasteiger partial charge in [-0.05, 0) is 31.9 Å². The van der Waals surface area contributed by atoms with Crippen LogP contribution in [0.3, 0.4) is 0 Å². The van der Waals surface area contributed by atoms with E-state index in [4.69, 9.17) is 9.84 Å². The van der Waals surface area contributed by atoms with Gasteiger partial charge >= 0.3 is 5.97 Å². The maximum atomic E-state index is 13.2. The maximum absolute atomic E-state index is 13.2. The van der Waals surface area contributed by atoms with Gasteiger partial charge in [0, 0.05) is 36.9 Å². The van der Waals surface area contributed by atoms with Crippen LogP contribution in [-0.2, 0) is 9.53 Å². The second-order valence-electron chi connectivity index (χ2n) is 6.32. The van der Waals surface area contributed by atoms with Crippen LogP contribution in [0.5, 0.6) is 0 Å². The van der Waals surface area contributed by atoms with Gasteiger partial charge in [0.05, 0.1) is 17.5 Å². The van der Waals surface area contributed by atoms with Crippen LogP contribution in [0.1, 0.15) is 35.3 Å². The topological polar surface area (TPSA) is 79.7 Å². The molecule has 6 heteroatoms. The van der Waals surface area contributed by atoms with Gasteiger partial charge in [-0.2, -0.15) is 0 Å². The van der Waals surface area contributed by atoms with Crippen LogP contribution in [-0.4, -0.2) is 52.7 Å². The molecule has 0 atom stereocenters. The predicted molar refractivity (Wildman–Crippen MR) is 93.6 cm³/mol. The number of ether oxygens (including phenoxy) is 1. The van der Waals surface area contributed by atoms with Crippen LogP contribution in [0.4, 0.5) is 0 Å². The molecule has 132 valence electrons. The molecule has 0 bridgehead atoms. The maximum Gasteiger partial charge on any atom is 0.305 e. The molecule has 25 heavy (non-hydrogen) atoms. The third-order valence-electron chi connectivity index (χ3n) is 4.55. The number of aryl methyl sites for hydroxylation is 1. The summed E-state index contributed by atoms with van der Waals surface area (Å²) < 4.78 is 5.38. The number of carboxylic acids is 1. The van der Waals surface area contributed by atoms with Crippen molar-refractivity contribution in [2.45, 2.75) is 32.2 Å². The molecule has 6 nitrogen and oxygen atoms in total. The molecule has 0 unspecified atom stereocenters. The van der Waals surface area contributed by atoms with Crippen LogP contribution in [0, 0.1) is 6.92 Å². The Morgan fingerprint density at radius 3 is 2.72 bits per heavy atom. The Morgan fingerprint density at radius 1 is 1.24 bits per heavy atom. The van der Waals surface area contributed by atoms with E-state index in [1.165, 1.54) is 0 Å². The Morgan fingerprint density at radius 2 is 2.00 bits per heavy atom. The molecule has 1 saturated heterocycles. The number of benzene rings is 1. The van der Waals surface area contributed by atoms with E-state index in [2.05, 4.69) is 4.98 Å². The average molecular weight is 342 g/mol. The smallest absolute Gasteiger partial charge is 0.305 e. The first-order valence-corrected chi connectivity index (χ1v) is 8.53. The highest BCUT2D eigenvalue weighted by atomic mass is 16.5. The highest BCUT2D eigenvalue weighted by Gasteiger charge is 2.28. The van der Waals surface area contributed by atoms with Crippen molar-refractivity contribution in [2.24, 2.45) is 0 Å². The van der Waals surface area contributed by atoms with Crippen molar-refractivity contribution in [3.63, 3.8) is 0 Å². The van der Waals surface area contributed by atoms with E-state index in [1.54, 1.807) is 11.0 Å². The fourth-order valence-corrected chi connectivity index (χ4v) is 3.23. The monoisotopic (exact) mass is 342 g/mol. The SMILES string of the molecule is Cc1ccc2cccc(C(=O)N(CCC(=O)O)C3CCOCC3)c2n1. The average Bonchev–Trinajstić information content (AvgIpc) is 2.61. The molecule has 3 rings (SSSR count). The molecule has 0 spiro atoms. The van der Waals surface area contributed by atoms with Crippen molar-refractivity contribution < 1.29 is 19.4 Å². The zero-order valence-electron chi connectivity index (χ0n) is 14.3. The number of nitrogens with zero attached hydrogens (tertiary/aromatic N) is 2. The largest absolute Gasteiger partial charge is 0.481 e. The van der Waals surface area contributed by atoms with Gasteiger partial charge in [-0.25, -0.2) is 0 Å². The molecule has 1 aromatic carbocycles. The van der Waals surface area contributed by atoms with Crippen molar-refractivity contribution in [2.75, 3.05) is 19.8 Å². The van der Waals surface area contributed by atoms with Gasteiger partial charge in [0.25, 0.3) is 5.91 Å². The van der Waals surface area contributed by atoms with Crippen molar-refractivity contribution in [1.82, 2.24) is 9.88 Å². The first-order valence-electron chi connectivity index (χ1n) is 8.53. The third-order valence-corrected chi connectivity index (χ3v) is 4.55. The Labute approximate surface area is 146 Å². The second-order valence-corrected chi connectivity index (χ2v) is 6.32. The Bertz CT molecular complexity index is 784. The lowest BCUT2D eigenvalue weighted by molar-refractivity contribution is -0.137. The second kappa shape index (κ2) is 7.61. The number of carbonyl (C=O) groups is 2. The van der Waals surface area contributed by atoms with Gasteiger partial charge < -0.3 is 14.7 Å². The van der Waals surface area contributed by atoms with Crippen LogP contribution in [0.25, 0.3) is 10.9 Å². The lowest BCUT2D eigenvalue weighted by Gasteiger charge is -2.34. The summed E-state index contributed by atoms with van der Waals surface area (Å²) in [5.74, 6) is -1.06. The number of hydrogen-bond acceptors (Lipinski definition) is 4. The first-order chi connectivity index (χ1) is 12.1. The van der Waals surface area contributed by atoms with Crippen LogP contribution in [0.15, 0.2) is 30.3 Å². The number of pyridine rings is 1. The van der Waals surface area contributed by atoms with Crippen LogP contribution < -0.4 is 0 Å². The van der Waals surface area contributed by atoms with Gasteiger partial charge in [0.15, 0.2) is 0 Å². The lowest BCUT2D eigenvalue weighted by Crippen LogP contribution is -2.44. The molecule has 1 aromatic heterocycles. The third kappa shape index (κ3) is 3.96. The van der Waals surface area contributed by atoms with Crippen LogP contribution in [0.2, 0.25) is 0 Å². The first kappa shape index (κ1) is 17.4. The molecule has 1 amide bonds. The zero-order chi connectivity index (χ0) is 17.8. The number of amides is 1. The number of aliphatic carboxylic acids is 1. The Kier molecular flexibility index (Phi) is 5.28. The van der Waals surface area contributed by atoms with E-state index >= 15 is 0 Å². The molecule has 2 heterocycles. The predicted octanol–water partition coefficient (Wildman–Crippen LogP) is 2.64. The number of aromatic nitrogens is 1. The quantitative estimate of drug-likeness (QED) is 0.903. The molecule has 1 N–H and O–H groups in total. The van der Waals surface area contributed by atoms with E-state index < -0.39 is 5.97 Å². The van der Waals surface area contributed by atoms with Gasteiger partial charge in [0.2, 0.25) is 0 Å². The number of hydrogen-bond donors (Lipinski definition) is 1. The molecular formula is C19H22N2O4. The summed E-state index contributed by atoms with van der Waals surface area (Å²) in [6, 6.07) is 9.40. The highest BCUT2D eigenvalue weighted by Crippen LogP contribution is 2.23. The Hall–Kier alpha value is -2.47. The number of rotatable bonds is 5. The summed E-state index contributed by atoms with van der Waals surface area (Å²) in [6.07, 6.45) is 1.38. The van der Waals surface area contributed by atoms with E-state index in [1.807, 2.05) is 31.2 Å². The fraction of sp³-hybridized carbons (Fsp3) is 0.421. The minimum Gasteiger partial charge on any atom is -0.481 e. The van der Waals surface area contributed by atoms with Gasteiger partial charge in [-0.1, -0.05) is 18.2 Å². The zero-order valence-corrected chi connectivity index (χ0v) is 14.3. The van der Waals surface area contributed by atoms with E-state index in [0.29, 0.717) is 24.3 Å². The van der Waals surface area contributed by atoms with Gasteiger partial charge in [-0.3, -0.25) is 14.6 Å². The number of para-hydroxylation sites is 1. The summed E-state index contributed by atoms with van der Waals surface area (Å²) in [4.78, 5) is 30.5. The molecular weight excluding hydrogens is 320 g/mol. The van der Waals surface area contributed by atoms with E-state index in [-0.39, 0.29) is 24.9 Å². The molecule has 1 fully saturated rings. The van der Waals surface area contributed by atoms with E-state index in [9.17, 15) is 9.59 Å². The number of fused-ring (bicyclic) bond motifs is 1. The molecule has 1 aliphatic rings. The number of carbonyl (C=O) groups excluding carboxylic acids is 1. The molecule has 0 aliphatic carbocycles. The van der Waals surface area contributed by atoms with Crippen molar-refractivity contribution in [1.29, 1.82) is 0 Å². The van der Waals surface area contributed by atoms with Crippen molar-refractivity contribution >= 4 is 22.8 Å². The molecule has 1 aliphatic heterocycles. The Balaban J connectivity index is 1.96. The molecule has 2 aromatic rings. The van der Waals surface area contributed by atoms with Gasteiger partial charge in [0.1, 0.15) is 0 Å². The minimum atomic E-state index is -0.906. The van der Waals surface area contributed by atoms with Crippen molar-refractivity contribution in [3.8, 4) is 0 Å². The van der Waals surface area contributed by atoms with Crippen molar-refractivity contribution in [3.05, 3.63) is 41.6 Å². The normalized spacial score (nSPS) is 15.2. The minimum absolute atomic E-state index is 0.000616. The summed E-state index contributed by atoms with van der Waals surface area (Å²) in [5, 5.41) is 9.95. The fourth-order valence-electron chi connectivity index (χ4n) is 3.23. The lowest BCUT2D eigenvalue weighted by atomic mass is 10.0. The molecule has 0 saturated carbocycles. The summed E-state index contributed by atoms with van der Waals surface area (Å²) >= 11 is 0.